The minimum Gasteiger partial charge on any atom is -0.469 e. The van der Waals surface area contributed by atoms with E-state index in [9.17, 15) is 9.59 Å². The molecule has 0 amide bonds. The Bertz CT molecular complexity index is 479. The van der Waals surface area contributed by atoms with Crippen molar-refractivity contribution in [1.82, 2.24) is 0 Å². The largest absolute Gasteiger partial charge is 0.469 e. The number of rotatable bonds is 14. The zero-order valence-corrected chi connectivity index (χ0v) is 16.0. The van der Waals surface area contributed by atoms with Crippen LogP contribution in [0.5, 0.6) is 0 Å². The number of ether oxygens (including phenoxy) is 1. The Hall–Kier alpha value is -1.64. The molecule has 25 heavy (non-hydrogen) atoms. The van der Waals surface area contributed by atoms with Gasteiger partial charge >= 0.3 is 5.97 Å². The van der Waals surface area contributed by atoms with Crippen LogP contribution in [0.15, 0.2) is 24.3 Å². The normalized spacial score (nSPS) is 11.9. The molecule has 0 aliphatic rings. The van der Waals surface area contributed by atoms with Crippen molar-refractivity contribution in [2.24, 2.45) is 0 Å². The molecule has 140 valence electrons. The maximum Gasteiger partial charge on any atom is 0.313 e. The third kappa shape index (κ3) is 8.85. The van der Waals surface area contributed by atoms with Crippen LogP contribution >= 0.6 is 0 Å². The van der Waals surface area contributed by atoms with Crippen LogP contribution in [0.1, 0.15) is 88.2 Å². The van der Waals surface area contributed by atoms with Gasteiger partial charge in [-0.15, -0.1) is 0 Å². The Balaban J connectivity index is 2.43. The maximum atomic E-state index is 12.0. The molecule has 1 rings (SSSR count). The number of aryl methyl sites for hydroxylation is 1. The van der Waals surface area contributed by atoms with Gasteiger partial charge in [0.25, 0.3) is 0 Å². The summed E-state index contributed by atoms with van der Waals surface area (Å²) in [6, 6.07) is 8.34. The number of esters is 1. The van der Waals surface area contributed by atoms with Crippen molar-refractivity contribution in [3.63, 3.8) is 0 Å². The first kappa shape index (κ1) is 21.4. The molecule has 1 unspecified atom stereocenters. The van der Waals surface area contributed by atoms with Crippen molar-refractivity contribution in [3.8, 4) is 0 Å². The fraction of sp³-hybridized carbons (Fsp3) is 0.636. The molecule has 0 aliphatic carbocycles. The molecule has 0 N–H and O–H groups in total. The first-order chi connectivity index (χ1) is 12.2. The molecule has 0 saturated heterocycles. The predicted molar refractivity (Wildman–Crippen MR) is 103 cm³/mol. The summed E-state index contributed by atoms with van der Waals surface area (Å²) >= 11 is 0. The van der Waals surface area contributed by atoms with Crippen molar-refractivity contribution in [2.75, 3.05) is 7.11 Å². The Kier molecular flexibility index (Phi) is 11.7. The lowest BCUT2D eigenvalue weighted by atomic mass is 9.92. The molecular formula is C22H34O3. The van der Waals surface area contributed by atoms with Gasteiger partial charge in [0, 0.05) is 6.42 Å². The quantitative estimate of drug-likeness (QED) is 0.250. The molecule has 0 heterocycles. The van der Waals surface area contributed by atoms with Gasteiger partial charge < -0.3 is 9.53 Å². The molecule has 0 fully saturated rings. The number of carbonyl (C=O) groups excluding carboxylic acids is 2. The van der Waals surface area contributed by atoms with E-state index in [4.69, 9.17) is 4.74 Å². The minimum atomic E-state index is -0.266. The number of unbranched alkanes of at least 4 members (excludes halogenated alkanes) is 7. The first-order valence-corrected chi connectivity index (χ1v) is 9.83. The second-order valence-electron chi connectivity index (χ2n) is 6.79. The zero-order chi connectivity index (χ0) is 18.3. The highest BCUT2D eigenvalue weighted by Crippen LogP contribution is 2.24. The third-order valence-electron chi connectivity index (χ3n) is 4.75. The summed E-state index contributed by atoms with van der Waals surface area (Å²) in [5.41, 5.74) is 2.31. The van der Waals surface area contributed by atoms with Gasteiger partial charge in [0.1, 0.15) is 6.29 Å². The van der Waals surface area contributed by atoms with Crippen molar-refractivity contribution in [3.05, 3.63) is 35.4 Å². The molecule has 1 aromatic rings. The van der Waals surface area contributed by atoms with E-state index in [0.717, 1.165) is 18.3 Å². The van der Waals surface area contributed by atoms with E-state index in [1.54, 1.807) is 0 Å². The van der Waals surface area contributed by atoms with Crippen LogP contribution in [0.4, 0.5) is 0 Å². The molecule has 0 spiro atoms. The summed E-state index contributed by atoms with van der Waals surface area (Å²) in [4.78, 5) is 22.5. The molecule has 0 radical (unpaired) electrons. The molecule has 0 aliphatic heterocycles. The summed E-state index contributed by atoms with van der Waals surface area (Å²) in [7, 11) is 1.42. The lowest BCUT2D eigenvalue weighted by Gasteiger charge is -2.15. The van der Waals surface area contributed by atoms with Crippen LogP contribution in [0.25, 0.3) is 0 Å². The second-order valence-corrected chi connectivity index (χ2v) is 6.79. The van der Waals surface area contributed by atoms with Gasteiger partial charge in [0.05, 0.1) is 13.0 Å². The topological polar surface area (TPSA) is 43.4 Å². The van der Waals surface area contributed by atoms with E-state index in [-0.39, 0.29) is 11.9 Å². The lowest BCUT2D eigenvalue weighted by Crippen LogP contribution is -2.14. The van der Waals surface area contributed by atoms with E-state index in [1.165, 1.54) is 57.6 Å². The standard InChI is InChI=1S/C22H34O3/c1-3-4-5-6-7-8-9-12-19-14-16-20(17-15-19)21(22(24)25-2)13-10-11-18-23/h14-18,21H,3-13H2,1-2H3. The van der Waals surface area contributed by atoms with Crippen LogP contribution in [-0.2, 0) is 20.7 Å². The number of hydrogen-bond donors (Lipinski definition) is 0. The predicted octanol–water partition coefficient (Wildman–Crippen LogP) is 5.61. The number of methoxy groups -OCH3 is 1. The van der Waals surface area contributed by atoms with Gasteiger partial charge in [-0.3, -0.25) is 4.79 Å². The number of carbonyl (C=O) groups is 2. The molecule has 0 aromatic heterocycles. The Morgan fingerprint density at radius 3 is 2.24 bits per heavy atom. The molecular weight excluding hydrogens is 312 g/mol. The van der Waals surface area contributed by atoms with Crippen LogP contribution in [0.2, 0.25) is 0 Å². The number of hydrogen-bond acceptors (Lipinski definition) is 3. The second kappa shape index (κ2) is 13.6. The van der Waals surface area contributed by atoms with Gasteiger partial charge in [-0.05, 0) is 36.8 Å². The Morgan fingerprint density at radius 2 is 1.64 bits per heavy atom. The van der Waals surface area contributed by atoms with E-state index < -0.39 is 0 Å². The van der Waals surface area contributed by atoms with Gasteiger partial charge in [0.2, 0.25) is 0 Å². The van der Waals surface area contributed by atoms with E-state index in [1.807, 2.05) is 12.1 Å². The average Bonchev–Trinajstić information content (AvgIpc) is 2.65. The zero-order valence-electron chi connectivity index (χ0n) is 16.0. The van der Waals surface area contributed by atoms with Crippen LogP contribution < -0.4 is 0 Å². The molecule has 1 atom stereocenters. The fourth-order valence-electron chi connectivity index (χ4n) is 3.17. The SMILES string of the molecule is CCCCCCCCCc1ccc(C(CCCC=O)C(=O)OC)cc1. The highest BCUT2D eigenvalue weighted by atomic mass is 16.5. The van der Waals surface area contributed by atoms with Crippen molar-refractivity contribution < 1.29 is 14.3 Å². The van der Waals surface area contributed by atoms with Gasteiger partial charge in [-0.2, -0.15) is 0 Å². The van der Waals surface area contributed by atoms with E-state index in [0.29, 0.717) is 19.3 Å². The summed E-state index contributed by atoms with van der Waals surface area (Å²) in [5.74, 6) is -0.483. The molecule has 0 saturated carbocycles. The van der Waals surface area contributed by atoms with Crippen LogP contribution in [0, 0.1) is 0 Å². The lowest BCUT2D eigenvalue weighted by molar-refractivity contribution is -0.142. The Morgan fingerprint density at radius 1 is 1.00 bits per heavy atom. The number of benzene rings is 1. The van der Waals surface area contributed by atoms with E-state index in [2.05, 4.69) is 19.1 Å². The van der Waals surface area contributed by atoms with Crippen molar-refractivity contribution in [2.45, 2.75) is 83.5 Å². The van der Waals surface area contributed by atoms with Gasteiger partial charge in [-0.1, -0.05) is 69.7 Å². The number of aldehydes is 1. The third-order valence-corrected chi connectivity index (χ3v) is 4.75. The monoisotopic (exact) mass is 346 g/mol. The highest BCUT2D eigenvalue weighted by molar-refractivity contribution is 5.78. The maximum absolute atomic E-state index is 12.0. The fourth-order valence-corrected chi connectivity index (χ4v) is 3.17. The summed E-state index contributed by atoms with van der Waals surface area (Å²) in [6.07, 6.45) is 13.1. The van der Waals surface area contributed by atoms with Crippen molar-refractivity contribution in [1.29, 1.82) is 0 Å². The summed E-state index contributed by atoms with van der Waals surface area (Å²) in [5, 5.41) is 0. The molecule has 3 nitrogen and oxygen atoms in total. The van der Waals surface area contributed by atoms with Crippen LogP contribution in [0.3, 0.4) is 0 Å². The Labute approximate surface area is 153 Å². The highest BCUT2D eigenvalue weighted by Gasteiger charge is 2.20. The summed E-state index contributed by atoms with van der Waals surface area (Å²) < 4.78 is 4.92. The van der Waals surface area contributed by atoms with Crippen LogP contribution in [-0.4, -0.2) is 19.4 Å². The van der Waals surface area contributed by atoms with Gasteiger partial charge in [-0.25, -0.2) is 0 Å². The van der Waals surface area contributed by atoms with Gasteiger partial charge in [0.15, 0.2) is 0 Å². The molecule has 0 bridgehead atoms. The smallest absolute Gasteiger partial charge is 0.313 e. The minimum absolute atomic E-state index is 0.217. The average molecular weight is 347 g/mol. The van der Waals surface area contributed by atoms with E-state index >= 15 is 0 Å². The summed E-state index contributed by atoms with van der Waals surface area (Å²) in [6.45, 7) is 2.25. The molecule has 1 aromatic carbocycles. The first-order valence-electron chi connectivity index (χ1n) is 9.83. The van der Waals surface area contributed by atoms with Crippen molar-refractivity contribution >= 4 is 12.3 Å². The molecule has 3 heteroatoms.